The van der Waals surface area contributed by atoms with Crippen molar-refractivity contribution in [1.29, 1.82) is 0 Å². The molecule has 1 saturated heterocycles. The Hall–Kier alpha value is -2.46. The lowest BCUT2D eigenvalue weighted by atomic mass is 9.95. The van der Waals surface area contributed by atoms with E-state index in [0.717, 1.165) is 12.1 Å². The number of hydrogen-bond donors (Lipinski definition) is 1. The summed E-state index contributed by atoms with van der Waals surface area (Å²) in [7, 11) is -3.81. The maximum Gasteiger partial charge on any atom is 0.225 e. The van der Waals surface area contributed by atoms with E-state index in [0.29, 0.717) is 6.07 Å². The van der Waals surface area contributed by atoms with Crippen LogP contribution in [0.25, 0.3) is 11.1 Å². The zero-order chi connectivity index (χ0) is 24.5. The Morgan fingerprint density at radius 2 is 1.79 bits per heavy atom. The minimum absolute atomic E-state index is 0.0139. The molecule has 2 aromatic rings. The molecule has 0 saturated carbocycles. The van der Waals surface area contributed by atoms with Crippen LogP contribution in [0.15, 0.2) is 36.4 Å². The van der Waals surface area contributed by atoms with Gasteiger partial charge in [-0.1, -0.05) is 32.0 Å². The number of rotatable bonds is 7. The van der Waals surface area contributed by atoms with Crippen molar-refractivity contribution in [3.63, 3.8) is 0 Å². The van der Waals surface area contributed by atoms with Crippen molar-refractivity contribution < 1.29 is 30.8 Å². The first-order valence-corrected chi connectivity index (χ1v) is 12.3. The van der Waals surface area contributed by atoms with Gasteiger partial charge in [0.25, 0.3) is 0 Å². The molecule has 1 aliphatic heterocycles. The number of carbonyl (C=O) groups is 1. The summed E-state index contributed by atoms with van der Waals surface area (Å²) in [5.74, 6) is -3.66. The number of alkyl halides is 1. The minimum atomic E-state index is -3.81. The highest BCUT2D eigenvalue weighted by Crippen LogP contribution is 2.31. The number of amides is 1. The first-order chi connectivity index (χ1) is 15.4. The maximum absolute atomic E-state index is 15.4. The second-order valence-corrected chi connectivity index (χ2v) is 10.5. The highest BCUT2D eigenvalue weighted by molar-refractivity contribution is 7.89. The van der Waals surface area contributed by atoms with Gasteiger partial charge in [0.15, 0.2) is 0 Å². The van der Waals surface area contributed by atoms with E-state index >= 15 is 4.39 Å². The lowest BCUT2D eigenvalue weighted by Gasteiger charge is -2.30. The fourth-order valence-corrected chi connectivity index (χ4v) is 4.92. The largest absolute Gasteiger partial charge is 0.334 e. The zero-order valence-corrected chi connectivity index (χ0v) is 19.3. The smallest absolute Gasteiger partial charge is 0.225 e. The third kappa shape index (κ3) is 5.55. The Morgan fingerprint density at radius 3 is 2.36 bits per heavy atom. The highest BCUT2D eigenvalue weighted by atomic mass is 32.2. The van der Waals surface area contributed by atoms with Crippen molar-refractivity contribution in [2.75, 3.05) is 12.3 Å². The van der Waals surface area contributed by atoms with Crippen LogP contribution in [0.2, 0.25) is 0 Å². The van der Waals surface area contributed by atoms with Crippen molar-refractivity contribution in [2.45, 2.75) is 45.4 Å². The molecule has 10 heteroatoms. The second-order valence-electron chi connectivity index (χ2n) is 8.42. The Morgan fingerprint density at radius 1 is 1.15 bits per heavy atom. The summed E-state index contributed by atoms with van der Waals surface area (Å²) < 4.78 is 84.3. The molecule has 1 fully saturated rings. The summed E-state index contributed by atoms with van der Waals surface area (Å²) in [6.45, 7) is 4.35. The van der Waals surface area contributed by atoms with Crippen LogP contribution in [-0.2, 0) is 21.2 Å². The van der Waals surface area contributed by atoms with E-state index in [1.54, 1.807) is 13.8 Å². The molecule has 3 rings (SSSR count). The standard InChI is InChI=1S/C23H26F4N2O3S/c1-4-33(31,32)28-22-19(26)12-29(23(30)13(2)3)20(22)10-14-6-5-7-18(21(14)27)15-8-16(24)11-17(25)9-15/h5-9,11,13,19-20,22,28H,4,10,12H2,1-3H3/t19-,20-,22-/m0/s1. The van der Waals surface area contributed by atoms with Gasteiger partial charge in [-0.2, -0.15) is 0 Å². The summed E-state index contributed by atoms with van der Waals surface area (Å²) >= 11 is 0. The topological polar surface area (TPSA) is 66.5 Å². The predicted molar refractivity (Wildman–Crippen MR) is 117 cm³/mol. The third-order valence-corrected chi connectivity index (χ3v) is 7.12. The van der Waals surface area contributed by atoms with E-state index in [9.17, 15) is 26.4 Å². The van der Waals surface area contributed by atoms with Gasteiger partial charge in [0.1, 0.15) is 23.6 Å². The van der Waals surface area contributed by atoms with Gasteiger partial charge in [-0.25, -0.2) is 30.7 Å². The number of nitrogens with one attached hydrogen (secondary N) is 1. The molecule has 2 aromatic carbocycles. The van der Waals surface area contributed by atoms with Gasteiger partial charge < -0.3 is 4.90 Å². The highest BCUT2D eigenvalue weighted by Gasteiger charge is 2.46. The number of likely N-dealkylation sites (tertiary alicyclic amines) is 1. The van der Waals surface area contributed by atoms with Crippen molar-refractivity contribution in [2.24, 2.45) is 5.92 Å². The monoisotopic (exact) mass is 486 g/mol. The lowest BCUT2D eigenvalue weighted by molar-refractivity contribution is -0.135. The maximum atomic E-state index is 15.4. The van der Waals surface area contributed by atoms with Crippen LogP contribution < -0.4 is 4.72 Å². The molecule has 1 amide bonds. The number of halogens is 4. The van der Waals surface area contributed by atoms with Gasteiger partial charge in [0.2, 0.25) is 15.9 Å². The number of sulfonamides is 1. The Labute approximate surface area is 190 Å². The van der Waals surface area contributed by atoms with E-state index in [4.69, 9.17) is 0 Å². The Bertz CT molecular complexity index is 1120. The molecule has 0 spiro atoms. The lowest BCUT2D eigenvalue weighted by Crippen LogP contribution is -2.50. The SMILES string of the molecule is CCS(=O)(=O)N[C@H]1[C@@H](F)CN(C(=O)C(C)C)[C@H]1Cc1cccc(-c2cc(F)cc(F)c2)c1F. The molecule has 0 unspecified atom stereocenters. The van der Waals surface area contributed by atoms with Gasteiger partial charge in [0, 0.05) is 17.5 Å². The molecule has 3 atom stereocenters. The van der Waals surface area contributed by atoms with E-state index in [1.165, 1.54) is 30.0 Å². The van der Waals surface area contributed by atoms with Crippen LogP contribution in [0.3, 0.4) is 0 Å². The number of hydrogen-bond acceptors (Lipinski definition) is 3. The van der Waals surface area contributed by atoms with E-state index in [-0.39, 0.29) is 41.3 Å². The second kappa shape index (κ2) is 9.80. The molecular formula is C23H26F4N2O3S. The zero-order valence-electron chi connectivity index (χ0n) is 18.5. The summed E-state index contributed by atoms with van der Waals surface area (Å²) in [4.78, 5) is 14.0. The van der Waals surface area contributed by atoms with Gasteiger partial charge in [-0.15, -0.1) is 0 Å². The van der Waals surface area contributed by atoms with Gasteiger partial charge in [0.05, 0.1) is 24.4 Å². The summed E-state index contributed by atoms with van der Waals surface area (Å²) in [6, 6.07) is 4.68. The number of carbonyl (C=O) groups excluding carboxylic acids is 1. The molecule has 1 heterocycles. The molecule has 0 radical (unpaired) electrons. The normalized spacial score (nSPS) is 21.1. The number of benzene rings is 2. The van der Waals surface area contributed by atoms with Crippen molar-refractivity contribution in [1.82, 2.24) is 9.62 Å². The van der Waals surface area contributed by atoms with Gasteiger partial charge in [-0.3, -0.25) is 4.79 Å². The first kappa shape index (κ1) is 25.2. The Balaban J connectivity index is 2.02. The molecular weight excluding hydrogens is 460 g/mol. The minimum Gasteiger partial charge on any atom is -0.334 e. The van der Waals surface area contributed by atoms with E-state index in [2.05, 4.69) is 4.72 Å². The summed E-state index contributed by atoms with van der Waals surface area (Å²) in [6.07, 6.45) is -1.87. The Kier molecular flexibility index (Phi) is 7.48. The summed E-state index contributed by atoms with van der Waals surface area (Å²) in [5, 5.41) is 0. The fourth-order valence-electron chi connectivity index (χ4n) is 4.03. The molecule has 0 aromatic heterocycles. The van der Waals surface area contributed by atoms with Crippen LogP contribution in [0.1, 0.15) is 26.3 Å². The predicted octanol–water partition coefficient (Wildman–Crippen LogP) is 3.83. The molecule has 1 aliphatic rings. The molecule has 180 valence electrons. The molecule has 0 bridgehead atoms. The third-order valence-electron chi connectivity index (χ3n) is 5.73. The van der Waals surface area contributed by atoms with Crippen molar-refractivity contribution in [3.8, 4) is 11.1 Å². The quantitative estimate of drug-likeness (QED) is 0.605. The van der Waals surface area contributed by atoms with Crippen LogP contribution in [0.5, 0.6) is 0 Å². The fraction of sp³-hybridized carbons (Fsp3) is 0.435. The van der Waals surface area contributed by atoms with Crippen LogP contribution in [0.4, 0.5) is 17.6 Å². The van der Waals surface area contributed by atoms with Gasteiger partial charge >= 0.3 is 0 Å². The van der Waals surface area contributed by atoms with E-state index < -0.39 is 51.6 Å². The molecule has 1 N–H and O–H groups in total. The average Bonchev–Trinajstić information content (AvgIpc) is 3.03. The summed E-state index contributed by atoms with van der Waals surface area (Å²) in [5.41, 5.74) is -0.00775. The van der Waals surface area contributed by atoms with Crippen molar-refractivity contribution >= 4 is 15.9 Å². The van der Waals surface area contributed by atoms with Crippen LogP contribution in [0, 0.1) is 23.4 Å². The number of nitrogens with zero attached hydrogens (tertiary/aromatic N) is 1. The van der Waals surface area contributed by atoms with Crippen LogP contribution in [-0.4, -0.2) is 49.8 Å². The van der Waals surface area contributed by atoms with Crippen LogP contribution >= 0.6 is 0 Å². The molecule has 33 heavy (non-hydrogen) atoms. The van der Waals surface area contributed by atoms with Gasteiger partial charge in [-0.05, 0) is 36.6 Å². The van der Waals surface area contributed by atoms with E-state index in [1.807, 2.05) is 0 Å². The van der Waals surface area contributed by atoms with Crippen molar-refractivity contribution in [3.05, 3.63) is 59.4 Å². The molecule has 5 nitrogen and oxygen atoms in total. The average molecular weight is 487 g/mol. The molecule has 0 aliphatic carbocycles. The first-order valence-electron chi connectivity index (χ1n) is 10.6.